The normalized spacial score (nSPS) is 14.3. The number of carboxylic acid groups (broad SMARTS) is 1. The number of aliphatic carboxylic acids is 1. The first-order chi connectivity index (χ1) is 8.38. The smallest absolute Gasteiger partial charge is 0.320 e. The molecule has 18 heavy (non-hydrogen) atoms. The second-order valence-corrected chi connectivity index (χ2v) is 4.25. The fourth-order valence-electron chi connectivity index (χ4n) is 1.69. The van der Waals surface area contributed by atoms with Gasteiger partial charge in [-0.3, -0.25) is 9.69 Å². The summed E-state index contributed by atoms with van der Waals surface area (Å²) in [5, 5.41) is 8.95. The molecule has 0 fully saturated rings. The van der Waals surface area contributed by atoms with Gasteiger partial charge in [-0.15, -0.1) is 0 Å². The van der Waals surface area contributed by atoms with Crippen LogP contribution in [0.4, 0.5) is 4.39 Å². The number of hydrogen-bond donors (Lipinski definition) is 1. The van der Waals surface area contributed by atoms with Crippen molar-refractivity contribution >= 4 is 5.97 Å². The zero-order valence-corrected chi connectivity index (χ0v) is 11.0. The molecule has 1 N–H and O–H groups in total. The van der Waals surface area contributed by atoms with Gasteiger partial charge in [0.05, 0.1) is 7.11 Å². The third-order valence-electron chi connectivity index (χ3n) is 3.24. The molecular weight excluding hydrogens is 237 g/mol. The van der Waals surface area contributed by atoms with Crippen LogP contribution in [0.5, 0.6) is 5.75 Å². The number of benzene rings is 1. The molecule has 100 valence electrons. The number of likely N-dealkylation sites (N-methyl/N-ethyl adjacent to an activating group) is 1. The van der Waals surface area contributed by atoms with E-state index in [1.165, 1.54) is 13.2 Å². The number of nitrogens with zero attached hydrogens (tertiary/aromatic N) is 1. The molecule has 2 atom stereocenters. The highest BCUT2D eigenvalue weighted by Crippen LogP contribution is 2.25. The average Bonchev–Trinajstić information content (AvgIpc) is 2.35. The number of carbonyl (C=O) groups is 1. The first kappa shape index (κ1) is 14.4. The third-order valence-corrected chi connectivity index (χ3v) is 3.24. The fourth-order valence-corrected chi connectivity index (χ4v) is 1.69. The molecule has 0 spiro atoms. The van der Waals surface area contributed by atoms with Gasteiger partial charge in [-0.05, 0) is 38.6 Å². The van der Waals surface area contributed by atoms with Gasteiger partial charge in [0.2, 0.25) is 0 Å². The Morgan fingerprint density at radius 1 is 1.44 bits per heavy atom. The van der Waals surface area contributed by atoms with E-state index in [2.05, 4.69) is 0 Å². The first-order valence-electron chi connectivity index (χ1n) is 5.66. The fraction of sp³-hybridized carbons (Fsp3) is 0.462. The zero-order chi connectivity index (χ0) is 13.9. The van der Waals surface area contributed by atoms with Crippen LogP contribution in [-0.2, 0) is 4.79 Å². The van der Waals surface area contributed by atoms with Crippen LogP contribution in [0.15, 0.2) is 18.2 Å². The largest absolute Gasteiger partial charge is 0.494 e. The summed E-state index contributed by atoms with van der Waals surface area (Å²) in [5.74, 6) is -1.17. The first-order valence-corrected chi connectivity index (χ1v) is 5.66. The molecule has 0 heterocycles. The van der Waals surface area contributed by atoms with E-state index < -0.39 is 17.8 Å². The summed E-state index contributed by atoms with van der Waals surface area (Å²) < 4.78 is 18.4. The quantitative estimate of drug-likeness (QED) is 0.877. The van der Waals surface area contributed by atoms with Crippen molar-refractivity contribution in [1.82, 2.24) is 4.90 Å². The highest BCUT2D eigenvalue weighted by atomic mass is 19.1. The lowest BCUT2D eigenvalue weighted by molar-refractivity contribution is -0.142. The summed E-state index contributed by atoms with van der Waals surface area (Å²) in [4.78, 5) is 12.6. The highest BCUT2D eigenvalue weighted by Gasteiger charge is 2.23. The topological polar surface area (TPSA) is 49.8 Å². The van der Waals surface area contributed by atoms with Gasteiger partial charge in [-0.2, -0.15) is 0 Å². The monoisotopic (exact) mass is 255 g/mol. The standard InChI is InChI=1S/C13H18FNO3/c1-8(15(3)9(2)13(16)17)10-5-6-12(18-4)11(14)7-10/h5-9H,1-4H3,(H,16,17). The van der Waals surface area contributed by atoms with Crippen molar-refractivity contribution in [3.05, 3.63) is 29.6 Å². The zero-order valence-electron chi connectivity index (χ0n) is 11.0. The molecule has 1 rings (SSSR count). The predicted molar refractivity (Wildman–Crippen MR) is 66.2 cm³/mol. The van der Waals surface area contributed by atoms with Crippen LogP contribution in [-0.4, -0.2) is 36.2 Å². The molecule has 0 aromatic heterocycles. The number of hydrogen-bond acceptors (Lipinski definition) is 3. The molecule has 0 aliphatic rings. The molecule has 1 aromatic carbocycles. The van der Waals surface area contributed by atoms with Crippen molar-refractivity contribution in [1.29, 1.82) is 0 Å². The average molecular weight is 255 g/mol. The van der Waals surface area contributed by atoms with E-state index >= 15 is 0 Å². The SMILES string of the molecule is COc1ccc(C(C)N(C)C(C)C(=O)O)cc1F. The molecule has 0 bridgehead atoms. The van der Waals surface area contributed by atoms with Crippen molar-refractivity contribution in [3.8, 4) is 5.75 Å². The summed E-state index contributed by atoms with van der Waals surface area (Å²) in [6, 6.07) is 3.81. The van der Waals surface area contributed by atoms with Gasteiger partial charge >= 0.3 is 5.97 Å². The second-order valence-electron chi connectivity index (χ2n) is 4.25. The maximum atomic E-state index is 13.6. The van der Waals surface area contributed by atoms with Crippen LogP contribution in [0.3, 0.4) is 0 Å². The summed E-state index contributed by atoms with van der Waals surface area (Å²) >= 11 is 0. The maximum Gasteiger partial charge on any atom is 0.320 e. The summed E-state index contributed by atoms with van der Waals surface area (Å²) in [5.41, 5.74) is 0.712. The van der Waals surface area contributed by atoms with Crippen molar-refractivity contribution in [2.45, 2.75) is 25.9 Å². The van der Waals surface area contributed by atoms with E-state index in [1.807, 2.05) is 6.92 Å². The lowest BCUT2D eigenvalue weighted by Crippen LogP contribution is -2.37. The molecule has 5 heteroatoms. The van der Waals surface area contributed by atoms with Crippen molar-refractivity contribution in [3.63, 3.8) is 0 Å². The number of methoxy groups -OCH3 is 1. The van der Waals surface area contributed by atoms with Crippen LogP contribution in [0, 0.1) is 5.82 Å². The van der Waals surface area contributed by atoms with Gasteiger partial charge in [-0.1, -0.05) is 6.07 Å². The van der Waals surface area contributed by atoms with E-state index in [0.29, 0.717) is 5.56 Å². The van der Waals surface area contributed by atoms with Crippen molar-refractivity contribution in [2.75, 3.05) is 14.2 Å². The van der Waals surface area contributed by atoms with Crippen LogP contribution in [0.2, 0.25) is 0 Å². The Morgan fingerprint density at radius 2 is 2.06 bits per heavy atom. The number of carboxylic acids is 1. The van der Waals surface area contributed by atoms with Gasteiger partial charge in [0.15, 0.2) is 11.6 Å². The molecule has 0 aliphatic heterocycles. The number of halogens is 1. The second kappa shape index (κ2) is 5.82. The minimum atomic E-state index is -0.904. The van der Waals surface area contributed by atoms with Gasteiger partial charge < -0.3 is 9.84 Å². The van der Waals surface area contributed by atoms with E-state index in [1.54, 1.807) is 31.0 Å². The molecule has 0 radical (unpaired) electrons. The van der Waals surface area contributed by atoms with Crippen LogP contribution in [0.1, 0.15) is 25.5 Å². The van der Waals surface area contributed by atoms with E-state index in [0.717, 1.165) is 0 Å². The Bertz CT molecular complexity index is 436. The molecule has 0 saturated heterocycles. The molecule has 0 amide bonds. The summed E-state index contributed by atoms with van der Waals surface area (Å²) in [6.07, 6.45) is 0. The van der Waals surface area contributed by atoms with E-state index in [9.17, 15) is 9.18 Å². The van der Waals surface area contributed by atoms with Gasteiger partial charge in [0, 0.05) is 6.04 Å². The van der Waals surface area contributed by atoms with Crippen molar-refractivity contribution in [2.24, 2.45) is 0 Å². The van der Waals surface area contributed by atoms with Crippen LogP contribution in [0.25, 0.3) is 0 Å². The number of rotatable bonds is 5. The van der Waals surface area contributed by atoms with E-state index in [4.69, 9.17) is 9.84 Å². The molecule has 0 aliphatic carbocycles. The Labute approximate surface area is 106 Å². The molecule has 4 nitrogen and oxygen atoms in total. The lowest BCUT2D eigenvalue weighted by atomic mass is 10.1. The highest BCUT2D eigenvalue weighted by molar-refractivity contribution is 5.72. The van der Waals surface area contributed by atoms with Gasteiger partial charge in [-0.25, -0.2) is 4.39 Å². The molecule has 1 aromatic rings. The summed E-state index contributed by atoms with van der Waals surface area (Å²) in [6.45, 7) is 3.43. The molecule has 0 saturated carbocycles. The van der Waals surface area contributed by atoms with Crippen LogP contribution >= 0.6 is 0 Å². The minimum absolute atomic E-state index is 0.180. The minimum Gasteiger partial charge on any atom is -0.494 e. The third kappa shape index (κ3) is 2.98. The number of ether oxygens (including phenoxy) is 1. The van der Waals surface area contributed by atoms with Gasteiger partial charge in [0.25, 0.3) is 0 Å². The molecular formula is C13H18FNO3. The maximum absolute atomic E-state index is 13.6. The Hall–Kier alpha value is -1.62. The molecule has 2 unspecified atom stereocenters. The predicted octanol–water partition coefficient (Wildman–Crippen LogP) is 2.30. The Balaban J connectivity index is 2.93. The van der Waals surface area contributed by atoms with Crippen LogP contribution < -0.4 is 4.74 Å². The lowest BCUT2D eigenvalue weighted by Gasteiger charge is -2.28. The van der Waals surface area contributed by atoms with Crippen molar-refractivity contribution < 1.29 is 19.0 Å². The van der Waals surface area contributed by atoms with Gasteiger partial charge in [0.1, 0.15) is 6.04 Å². The van der Waals surface area contributed by atoms with E-state index in [-0.39, 0.29) is 11.8 Å². The summed E-state index contributed by atoms with van der Waals surface area (Å²) in [7, 11) is 3.10. The Kier molecular flexibility index (Phi) is 4.67. The Morgan fingerprint density at radius 3 is 2.50 bits per heavy atom.